The third kappa shape index (κ3) is 0.568. The lowest BCUT2D eigenvalue weighted by Crippen LogP contribution is -2.37. The summed E-state index contributed by atoms with van der Waals surface area (Å²) >= 11 is 0. The summed E-state index contributed by atoms with van der Waals surface area (Å²) in [6.07, 6.45) is 0.259. The first kappa shape index (κ1) is 5.49. The molecule has 1 saturated carbocycles. The molecular formula is C5H5F2N. The summed E-state index contributed by atoms with van der Waals surface area (Å²) < 4.78 is 24.0. The van der Waals surface area contributed by atoms with E-state index in [9.17, 15) is 8.78 Å². The molecule has 0 saturated heterocycles. The van der Waals surface area contributed by atoms with Crippen LogP contribution in [0.1, 0.15) is 12.8 Å². The van der Waals surface area contributed by atoms with Crippen molar-refractivity contribution >= 4 is 0 Å². The summed E-state index contributed by atoms with van der Waals surface area (Å²) in [7, 11) is 0. The van der Waals surface area contributed by atoms with Gasteiger partial charge in [0, 0.05) is 6.42 Å². The number of nitrogens with zero attached hydrogens (tertiary/aromatic N) is 1. The molecule has 0 aromatic carbocycles. The molecule has 3 heteroatoms. The number of rotatable bonds is 0. The van der Waals surface area contributed by atoms with Crippen LogP contribution in [0.15, 0.2) is 0 Å². The lowest BCUT2D eigenvalue weighted by molar-refractivity contribution is -0.108. The first-order chi connectivity index (χ1) is 3.67. The highest BCUT2D eigenvalue weighted by atomic mass is 19.3. The fourth-order valence-corrected chi connectivity index (χ4v) is 0.666. The Morgan fingerprint density at radius 1 is 1.62 bits per heavy atom. The van der Waals surface area contributed by atoms with Crippen molar-refractivity contribution < 1.29 is 8.78 Å². The minimum absolute atomic E-state index is 0.106. The van der Waals surface area contributed by atoms with E-state index in [1.807, 2.05) is 0 Å². The van der Waals surface area contributed by atoms with Crippen LogP contribution in [-0.2, 0) is 0 Å². The average Bonchev–Trinajstić information content (AvgIpc) is 1.66. The van der Waals surface area contributed by atoms with Crippen LogP contribution in [0.2, 0.25) is 0 Å². The van der Waals surface area contributed by atoms with E-state index in [1.54, 1.807) is 6.07 Å². The lowest BCUT2D eigenvalue weighted by atomic mass is 9.82. The summed E-state index contributed by atoms with van der Waals surface area (Å²) in [4.78, 5) is 0. The summed E-state index contributed by atoms with van der Waals surface area (Å²) in [6.45, 7) is 0. The molecule has 0 unspecified atom stereocenters. The maximum Gasteiger partial charge on any atom is 0.263 e. The van der Waals surface area contributed by atoms with Gasteiger partial charge in [-0.05, 0) is 6.42 Å². The molecule has 0 heterocycles. The van der Waals surface area contributed by atoms with Gasteiger partial charge in [-0.1, -0.05) is 0 Å². The van der Waals surface area contributed by atoms with Gasteiger partial charge in [-0.15, -0.1) is 0 Å². The van der Waals surface area contributed by atoms with Gasteiger partial charge < -0.3 is 0 Å². The van der Waals surface area contributed by atoms with E-state index in [1.165, 1.54) is 0 Å². The Kier molecular flexibility index (Phi) is 0.968. The third-order valence-corrected chi connectivity index (χ3v) is 1.43. The minimum atomic E-state index is -2.67. The fraction of sp³-hybridized carbons (Fsp3) is 0.800. The van der Waals surface area contributed by atoms with E-state index in [2.05, 4.69) is 0 Å². The average molecular weight is 117 g/mol. The van der Waals surface area contributed by atoms with Gasteiger partial charge in [0.1, 0.15) is 5.92 Å². The maximum atomic E-state index is 12.0. The van der Waals surface area contributed by atoms with Crippen molar-refractivity contribution in [1.29, 1.82) is 5.26 Å². The van der Waals surface area contributed by atoms with Crippen molar-refractivity contribution in [1.82, 2.24) is 0 Å². The molecule has 0 radical (unpaired) electrons. The van der Waals surface area contributed by atoms with E-state index in [4.69, 9.17) is 5.26 Å². The molecule has 44 valence electrons. The van der Waals surface area contributed by atoms with Gasteiger partial charge in [-0.2, -0.15) is 5.26 Å². The van der Waals surface area contributed by atoms with E-state index < -0.39 is 11.8 Å². The Balaban J connectivity index is 2.53. The Morgan fingerprint density at radius 2 is 2.25 bits per heavy atom. The summed E-state index contributed by atoms with van der Waals surface area (Å²) in [5.41, 5.74) is 0. The van der Waals surface area contributed by atoms with E-state index in [-0.39, 0.29) is 6.42 Å². The summed E-state index contributed by atoms with van der Waals surface area (Å²) in [6, 6.07) is 1.54. The standard InChI is InChI=1S/C5H5F2N/c6-5(7)2-1-4(5)3-8/h4H,1-2H2/t4-/m0/s1. The molecule has 0 spiro atoms. The van der Waals surface area contributed by atoms with Gasteiger partial charge in [-0.25, -0.2) is 8.78 Å². The molecule has 0 aliphatic heterocycles. The van der Waals surface area contributed by atoms with Crippen molar-refractivity contribution in [2.75, 3.05) is 0 Å². The highest BCUT2D eigenvalue weighted by molar-refractivity contribution is 5.01. The van der Waals surface area contributed by atoms with E-state index in [0.29, 0.717) is 6.42 Å². The maximum absolute atomic E-state index is 12.0. The van der Waals surface area contributed by atoms with Gasteiger partial charge in [0.15, 0.2) is 0 Å². The second-order valence-corrected chi connectivity index (χ2v) is 1.98. The number of alkyl halides is 2. The molecule has 1 rings (SSSR count). The van der Waals surface area contributed by atoms with Crippen LogP contribution in [0.5, 0.6) is 0 Å². The van der Waals surface area contributed by atoms with Crippen molar-refractivity contribution in [3.05, 3.63) is 0 Å². The Bertz CT molecular complexity index is 136. The SMILES string of the molecule is N#C[C@@H]1CCC1(F)F. The predicted molar refractivity (Wildman–Crippen MR) is 23.3 cm³/mol. The number of hydrogen-bond donors (Lipinski definition) is 0. The second kappa shape index (κ2) is 1.41. The van der Waals surface area contributed by atoms with Crippen LogP contribution in [0, 0.1) is 17.2 Å². The van der Waals surface area contributed by atoms with Crippen molar-refractivity contribution in [2.24, 2.45) is 5.92 Å². The molecule has 0 N–H and O–H groups in total. The molecule has 0 bridgehead atoms. The number of hydrogen-bond acceptors (Lipinski definition) is 1. The normalized spacial score (nSPS) is 32.9. The van der Waals surface area contributed by atoms with Gasteiger partial charge >= 0.3 is 0 Å². The first-order valence-corrected chi connectivity index (χ1v) is 2.44. The molecule has 0 amide bonds. The Hall–Kier alpha value is -0.650. The van der Waals surface area contributed by atoms with Gasteiger partial charge in [0.05, 0.1) is 6.07 Å². The zero-order valence-corrected chi connectivity index (χ0v) is 4.19. The Morgan fingerprint density at radius 3 is 2.25 bits per heavy atom. The van der Waals surface area contributed by atoms with Crippen LogP contribution in [-0.4, -0.2) is 5.92 Å². The smallest absolute Gasteiger partial charge is 0.205 e. The van der Waals surface area contributed by atoms with E-state index in [0.717, 1.165) is 0 Å². The lowest BCUT2D eigenvalue weighted by Gasteiger charge is -2.30. The molecule has 1 nitrogen and oxygen atoms in total. The fourth-order valence-electron chi connectivity index (χ4n) is 0.666. The first-order valence-electron chi connectivity index (χ1n) is 2.44. The zero-order chi connectivity index (χ0) is 6.20. The van der Waals surface area contributed by atoms with Crippen molar-refractivity contribution in [2.45, 2.75) is 18.8 Å². The largest absolute Gasteiger partial charge is 0.263 e. The minimum Gasteiger partial charge on any atom is -0.205 e. The van der Waals surface area contributed by atoms with Gasteiger partial charge in [-0.3, -0.25) is 0 Å². The van der Waals surface area contributed by atoms with Crippen LogP contribution >= 0.6 is 0 Å². The molecule has 0 aromatic heterocycles. The van der Waals surface area contributed by atoms with Crippen LogP contribution < -0.4 is 0 Å². The van der Waals surface area contributed by atoms with E-state index >= 15 is 0 Å². The molecule has 1 fully saturated rings. The molecule has 8 heavy (non-hydrogen) atoms. The molecule has 1 aliphatic rings. The molecule has 1 aliphatic carbocycles. The topological polar surface area (TPSA) is 23.8 Å². The monoisotopic (exact) mass is 117 g/mol. The highest BCUT2D eigenvalue weighted by Gasteiger charge is 2.48. The van der Waals surface area contributed by atoms with Crippen molar-refractivity contribution in [3.8, 4) is 6.07 Å². The quantitative estimate of drug-likeness (QED) is 0.472. The molecular weight excluding hydrogens is 112 g/mol. The van der Waals surface area contributed by atoms with Gasteiger partial charge in [0.25, 0.3) is 5.92 Å². The molecule has 0 aromatic rings. The van der Waals surface area contributed by atoms with Crippen molar-refractivity contribution in [3.63, 3.8) is 0 Å². The highest BCUT2D eigenvalue weighted by Crippen LogP contribution is 2.42. The van der Waals surface area contributed by atoms with Gasteiger partial charge in [0.2, 0.25) is 0 Å². The van der Waals surface area contributed by atoms with Crippen LogP contribution in [0.25, 0.3) is 0 Å². The third-order valence-electron chi connectivity index (χ3n) is 1.43. The van der Waals surface area contributed by atoms with Crippen LogP contribution in [0.4, 0.5) is 8.78 Å². The number of halogens is 2. The zero-order valence-electron chi connectivity index (χ0n) is 4.19. The summed E-state index contributed by atoms with van der Waals surface area (Å²) in [5, 5.41) is 7.99. The summed E-state index contributed by atoms with van der Waals surface area (Å²) in [5.74, 6) is -3.67. The van der Waals surface area contributed by atoms with Crippen LogP contribution in [0.3, 0.4) is 0 Å². The predicted octanol–water partition coefficient (Wildman–Crippen LogP) is 1.56. The second-order valence-electron chi connectivity index (χ2n) is 1.98. The molecule has 1 atom stereocenters. The number of nitriles is 1. The Labute approximate surface area is 45.9 Å².